The number of carbonyl (C=O) groups is 3. The van der Waals surface area contributed by atoms with E-state index in [1.165, 1.54) is 11.3 Å². The fraction of sp³-hybridized carbons (Fsp3) is 0.360. The molecule has 2 aliphatic rings. The standard InChI is InChI=1S/C25H26ClN5O5S/c1-16-10-18(2-3-19(16)30-7-9-36-15-24(30)33)31-12-17(11-27-25(34)20-4-5-21(26)37-20)28-22(31)13-29-6-8-35-14-23(29)32/h2-5,10,12H,6-9,11,13-15H2,1H3,(H,27,34). The Hall–Kier alpha value is -3.25. The van der Waals surface area contributed by atoms with E-state index in [0.717, 1.165) is 16.9 Å². The molecule has 0 radical (unpaired) electrons. The Balaban J connectivity index is 1.41. The number of nitrogens with zero attached hydrogens (tertiary/aromatic N) is 4. The van der Waals surface area contributed by atoms with Crippen LogP contribution >= 0.6 is 22.9 Å². The SMILES string of the molecule is Cc1cc(-n2cc(CNC(=O)c3ccc(Cl)s3)nc2CN2CCOCC2=O)ccc1N1CCOCC1=O. The summed E-state index contributed by atoms with van der Waals surface area (Å²) in [5.41, 5.74) is 3.26. The maximum absolute atomic E-state index is 12.5. The molecule has 10 nitrogen and oxygen atoms in total. The lowest BCUT2D eigenvalue weighted by molar-refractivity contribution is -0.143. The van der Waals surface area contributed by atoms with Crippen LogP contribution in [0.25, 0.3) is 5.69 Å². The summed E-state index contributed by atoms with van der Waals surface area (Å²) in [7, 11) is 0. The van der Waals surface area contributed by atoms with Crippen LogP contribution in [0, 0.1) is 6.92 Å². The van der Waals surface area contributed by atoms with Gasteiger partial charge in [0.05, 0.1) is 41.2 Å². The van der Waals surface area contributed by atoms with Gasteiger partial charge in [0.2, 0.25) is 5.91 Å². The van der Waals surface area contributed by atoms with Gasteiger partial charge in [0.1, 0.15) is 19.0 Å². The second-order valence-electron chi connectivity index (χ2n) is 8.74. The Morgan fingerprint density at radius 1 is 1.11 bits per heavy atom. The van der Waals surface area contributed by atoms with E-state index in [1.807, 2.05) is 35.9 Å². The van der Waals surface area contributed by atoms with Crippen molar-refractivity contribution in [3.63, 3.8) is 0 Å². The first-order valence-electron chi connectivity index (χ1n) is 11.8. The van der Waals surface area contributed by atoms with Gasteiger partial charge in [-0.2, -0.15) is 0 Å². The predicted octanol–water partition coefficient (Wildman–Crippen LogP) is 2.55. The van der Waals surface area contributed by atoms with Gasteiger partial charge in [0.15, 0.2) is 0 Å². The highest BCUT2D eigenvalue weighted by molar-refractivity contribution is 7.18. The molecule has 0 bridgehead atoms. The van der Waals surface area contributed by atoms with Crippen LogP contribution in [0.1, 0.15) is 26.8 Å². The number of imidazole rings is 1. The summed E-state index contributed by atoms with van der Waals surface area (Å²) in [6, 6.07) is 9.19. The third-order valence-electron chi connectivity index (χ3n) is 6.21. The normalized spacial score (nSPS) is 16.4. The van der Waals surface area contributed by atoms with Crippen molar-refractivity contribution in [2.75, 3.05) is 44.4 Å². The quantitative estimate of drug-likeness (QED) is 0.491. The van der Waals surface area contributed by atoms with Crippen molar-refractivity contribution in [1.82, 2.24) is 19.8 Å². The number of thiophene rings is 1. The van der Waals surface area contributed by atoms with Gasteiger partial charge < -0.3 is 29.2 Å². The lowest BCUT2D eigenvalue weighted by Crippen LogP contribution is -2.42. The number of halogens is 1. The second kappa shape index (κ2) is 11.0. The zero-order chi connectivity index (χ0) is 25.9. The van der Waals surface area contributed by atoms with Gasteiger partial charge in [-0.1, -0.05) is 11.6 Å². The number of anilines is 1. The van der Waals surface area contributed by atoms with Gasteiger partial charge in [-0.05, 0) is 42.8 Å². The predicted molar refractivity (Wildman–Crippen MR) is 138 cm³/mol. The Kier molecular flexibility index (Phi) is 7.56. The largest absolute Gasteiger partial charge is 0.370 e. The maximum Gasteiger partial charge on any atom is 0.261 e. The van der Waals surface area contributed by atoms with Crippen molar-refractivity contribution in [2.45, 2.75) is 20.0 Å². The number of nitrogens with one attached hydrogen (secondary N) is 1. The van der Waals surface area contributed by atoms with E-state index in [9.17, 15) is 14.4 Å². The number of amides is 3. The number of aryl methyl sites for hydroxylation is 1. The molecular weight excluding hydrogens is 518 g/mol. The van der Waals surface area contributed by atoms with E-state index in [-0.39, 0.29) is 37.5 Å². The molecule has 3 aromatic rings. The fourth-order valence-corrected chi connectivity index (χ4v) is 5.30. The van der Waals surface area contributed by atoms with Gasteiger partial charge >= 0.3 is 0 Å². The molecule has 2 aliphatic heterocycles. The number of benzene rings is 1. The number of hydrogen-bond acceptors (Lipinski definition) is 7. The molecule has 1 aromatic carbocycles. The molecule has 5 rings (SSSR count). The minimum atomic E-state index is -0.230. The minimum Gasteiger partial charge on any atom is -0.370 e. The van der Waals surface area contributed by atoms with E-state index < -0.39 is 0 Å². The molecule has 0 atom stereocenters. The van der Waals surface area contributed by atoms with E-state index in [2.05, 4.69) is 5.32 Å². The molecule has 37 heavy (non-hydrogen) atoms. The van der Waals surface area contributed by atoms with Gasteiger partial charge in [0, 0.05) is 30.7 Å². The summed E-state index contributed by atoms with van der Waals surface area (Å²) in [4.78, 5) is 46.0. The number of rotatable bonds is 7. The van der Waals surface area contributed by atoms with E-state index in [0.29, 0.717) is 53.6 Å². The lowest BCUT2D eigenvalue weighted by atomic mass is 10.1. The van der Waals surface area contributed by atoms with Crippen molar-refractivity contribution < 1.29 is 23.9 Å². The van der Waals surface area contributed by atoms with Crippen LogP contribution in [0.15, 0.2) is 36.5 Å². The molecule has 194 valence electrons. The second-order valence-corrected chi connectivity index (χ2v) is 10.5. The summed E-state index contributed by atoms with van der Waals surface area (Å²) in [5, 5.41) is 2.88. The summed E-state index contributed by atoms with van der Waals surface area (Å²) in [6.07, 6.45) is 1.86. The molecule has 2 saturated heterocycles. The summed E-state index contributed by atoms with van der Waals surface area (Å²) in [5.74, 6) is 0.267. The summed E-state index contributed by atoms with van der Waals surface area (Å²) >= 11 is 7.16. The van der Waals surface area contributed by atoms with Gasteiger partial charge in [-0.25, -0.2) is 4.98 Å². The van der Waals surface area contributed by atoms with E-state index in [4.69, 9.17) is 26.1 Å². The first kappa shape index (κ1) is 25.4. The van der Waals surface area contributed by atoms with Crippen LogP contribution in [0.2, 0.25) is 4.34 Å². The Labute approximate surface area is 222 Å². The Morgan fingerprint density at radius 3 is 2.59 bits per heavy atom. The van der Waals surface area contributed by atoms with Crippen molar-refractivity contribution in [2.24, 2.45) is 0 Å². The van der Waals surface area contributed by atoms with Crippen LogP contribution in [0.4, 0.5) is 5.69 Å². The molecule has 12 heteroatoms. The number of carbonyl (C=O) groups excluding carboxylic acids is 3. The average molecular weight is 544 g/mol. The molecule has 3 amide bonds. The van der Waals surface area contributed by atoms with Crippen LogP contribution in [0.5, 0.6) is 0 Å². The summed E-state index contributed by atoms with van der Waals surface area (Å²) < 4.78 is 13.0. The van der Waals surface area contributed by atoms with E-state index in [1.54, 1.807) is 21.9 Å². The highest BCUT2D eigenvalue weighted by Crippen LogP contribution is 2.26. The Bertz CT molecular complexity index is 1340. The number of ether oxygens (including phenoxy) is 2. The van der Waals surface area contributed by atoms with Crippen LogP contribution < -0.4 is 10.2 Å². The highest BCUT2D eigenvalue weighted by atomic mass is 35.5. The van der Waals surface area contributed by atoms with Crippen molar-refractivity contribution in [1.29, 1.82) is 0 Å². The first-order chi connectivity index (χ1) is 17.9. The van der Waals surface area contributed by atoms with E-state index >= 15 is 0 Å². The molecule has 2 aromatic heterocycles. The first-order valence-corrected chi connectivity index (χ1v) is 13.0. The van der Waals surface area contributed by atoms with Crippen molar-refractivity contribution in [3.8, 4) is 5.69 Å². The third-order valence-corrected chi connectivity index (χ3v) is 7.44. The number of hydrogen-bond donors (Lipinski definition) is 1. The van der Waals surface area contributed by atoms with Crippen LogP contribution in [-0.4, -0.2) is 71.7 Å². The third kappa shape index (κ3) is 5.69. The van der Waals surface area contributed by atoms with Crippen molar-refractivity contribution >= 4 is 46.3 Å². The lowest BCUT2D eigenvalue weighted by Gasteiger charge is -2.28. The minimum absolute atomic E-state index is 0.0500. The number of morpholine rings is 2. The average Bonchev–Trinajstić information content (AvgIpc) is 3.51. The molecule has 0 saturated carbocycles. The van der Waals surface area contributed by atoms with Gasteiger partial charge in [-0.15, -0.1) is 11.3 Å². The van der Waals surface area contributed by atoms with Crippen LogP contribution in [-0.2, 0) is 32.2 Å². The zero-order valence-corrected chi connectivity index (χ0v) is 21.8. The van der Waals surface area contributed by atoms with Crippen LogP contribution in [0.3, 0.4) is 0 Å². The van der Waals surface area contributed by atoms with Crippen molar-refractivity contribution in [3.05, 3.63) is 62.8 Å². The van der Waals surface area contributed by atoms with Gasteiger partial charge in [-0.3, -0.25) is 14.4 Å². The molecule has 0 spiro atoms. The zero-order valence-electron chi connectivity index (χ0n) is 20.2. The molecule has 4 heterocycles. The molecule has 0 unspecified atom stereocenters. The highest BCUT2D eigenvalue weighted by Gasteiger charge is 2.24. The monoisotopic (exact) mass is 543 g/mol. The van der Waals surface area contributed by atoms with Gasteiger partial charge in [0.25, 0.3) is 11.8 Å². The maximum atomic E-state index is 12.5. The molecule has 2 fully saturated rings. The Morgan fingerprint density at radius 2 is 1.89 bits per heavy atom. The topological polar surface area (TPSA) is 106 Å². The fourth-order valence-electron chi connectivity index (χ4n) is 4.34. The smallest absolute Gasteiger partial charge is 0.261 e. The molecule has 1 N–H and O–H groups in total. The number of aromatic nitrogens is 2. The summed E-state index contributed by atoms with van der Waals surface area (Å²) in [6.45, 7) is 4.56. The molecule has 0 aliphatic carbocycles. The molecular formula is C25H26ClN5O5S.